The van der Waals surface area contributed by atoms with Crippen LogP contribution in [0, 0.1) is 11.8 Å². The molecule has 1 aliphatic rings. The molecule has 100 valence electrons. The number of hydrogen-bond acceptors (Lipinski definition) is 1. The third-order valence-electron chi connectivity index (χ3n) is 5.01. The van der Waals surface area contributed by atoms with Gasteiger partial charge >= 0.3 is 0 Å². The van der Waals surface area contributed by atoms with Gasteiger partial charge in [-0.15, -0.1) is 0 Å². The van der Waals surface area contributed by atoms with Crippen molar-refractivity contribution in [1.29, 1.82) is 0 Å². The lowest BCUT2D eigenvalue weighted by Crippen LogP contribution is -2.50. The summed E-state index contributed by atoms with van der Waals surface area (Å²) in [6.07, 6.45) is 7.45. The van der Waals surface area contributed by atoms with Gasteiger partial charge in [0.15, 0.2) is 0 Å². The monoisotopic (exact) mass is 245 g/mol. The van der Waals surface area contributed by atoms with Gasteiger partial charge in [0.25, 0.3) is 0 Å². The molecule has 0 heterocycles. The van der Waals surface area contributed by atoms with E-state index < -0.39 is 0 Å². The Labute approximate surface area is 112 Å². The zero-order valence-corrected chi connectivity index (χ0v) is 11.9. The molecule has 1 aliphatic carbocycles. The van der Waals surface area contributed by atoms with Gasteiger partial charge < -0.3 is 5.73 Å². The molecule has 0 bridgehead atoms. The van der Waals surface area contributed by atoms with Gasteiger partial charge in [-0.1, -0.05) is 57.0 Å². The van der Waals surface area contributed by atoms with E-state index in [9.17, 15) is 0 Å². The van der Waals surface area contributed by atoms with Crippen molar-refractivity contribution in [3.05, 3.63) is 35.9 Å². The van der Waals surface area contributed by atoms with Crippen LogP contribution < -0.4 is 5.73 Å². The van der Waals surface area contributed by atoms with Crippen molar-refractivity contribution in [1.82, 2.24) is 0 Å². The quantitative estimate of drug-likeness (QED) is 0.846. The van der Waals surface area contributed by atoms with Crippen molar-refractivity contribution in [3.63, 3.8) is 0 Å². The van der Waals surface area contributed by atoms with E-state index >= 15 is 0 Å². The predicted molar refractivity (Wildman–Crippen MR) is 78.5 cm³/mol. The minimum atomic E-state index is 0.0897. The summed E-state index contributed by atoms with van der Waals surface area (Å²) >= 11 is 0. The molecule has 1 nitrogen and oxygen atoms in total. The van der Waals surface area contributed by atoms with Gasteiger partial charge in [0.2, 0.25) is 0 Å². The average Bonchev–Trinajstić information content (AvgIpc) is 2.37. The van der Waals surface area contributed by atoms with Gasteiger partial charge in [0.1, 0.15) is 0 Å². The highest BCUT2D eigenvalue weighted by Crippen LogP contribution is 2.38. The van der Waals surface area contributed by atoms with E-state index in [0.29, 0.717) is 5.92 Å². The first-order valence-electron chi connectivity index (χ1n) is 7.44. The maximum absolute atomic E-state index is 6.66. The molecular formula is C17H27N. The average molecular weight is 245 g/mol. The van der Waals surface area contributed by atoms with Crippen molar-refractivity contribution >= 4 is 0 Å². The number of benzene rings is 1. The fourth-order valence-electron chi connectivity index (χ4n) is 3.42. The molecule has 1 saturated carbocycles. The Morgan fingerprint density at radius 1 is 1.22 bits per heavy atom. The summed E-state index contributed by atoms with van der Waals surface area (Å²) in [5.74, 6) is 1.46. The van der Waals surface area contributed by atoms with Crippen LogP contribution in [0.5, 0.6) is 0 Å². The maximum Gasteiger partial charge on any atom is 0.0182 e. The molecule has 1 heteroatoms. The van der Waals surface area contributed by atoms with Gasteiger partial charge in [-0.3, -0.25) is 0 Å². The summed E-state index contributed by atoms with van der Waals surface area (Å²) in [6.45, 7) is 4.72. The number of hydrogen-bond donors (Lipinski definition) is 1. The van der Waals surface area contributed by atoms with Crippen molar-refractivity contribution in [3.8, 4) is 0 Å². The molecule has 0 saturated heterocycles. The molecule has 1 aromatic carbocycles. The molecule has 2 rings (SSSR count). The Morgan fingerprint density at radius 2 is 1.94 bits per heavy atom. The highest BCUT2D eigenvalue weighted by molar-refractivity contribution is 5.14. The van der Waals surface area contributed by atoms with Crippen LogP contribution >= 0.6 is 0 Å². The van der Waals surface area contributed by atoms with Gasteiger partial charge in [-0.05, 0) is 43.1 Å². The fraction of sp³-hybridized carbons (Fsp3) is 0.647. The summed E-state index contributed by atoms with van der Waals surface area (Å²) in [5.41, 5.74) is 8.19. The van der Waals surface area contributed by atoms with Crippen LogP contribution in [0.25, 0.3) is 0 Å². The third kappa shape index (κ3) is 3.14. The standard InChI is InChI=1S/C17H27N/c1-14-8-6-12-17(18,15(14)2)13-7-11-16-9-4-3-5-10-16/h3-5,9-10,14-15H,6-8,11-13,18H2,1-2H3. The predicted octanol–water partition coefficient (Wildman–Crippen LogP) is 4.16. The number of rotatable bonds is 4. The van der Waals surface area contributed by atoms with E-state index in [-0.39, 0.29) is 5.54 Å². The molecule has 0 amide bonds. The van der Waals surface area contributed by atoms with Crippen LogP contribution in [0.1, 0.15) is 51.5 Å². The van der Waals surface area contributed by atoms with E-state index in [1.165, 1.54) is 44.1 Å². The second kappa shape index (κ2) is 5.88. The molecule has 1 aromatic rings. The SMILES string of the molecule is CC1CCCC(N)(CCCc2ccccc2)C1C. The lowest BCUT2D eigenvalue weighted by Gasteiger charge is -2.43. The summed E-state index contributed by atoms with van der Waals surface area (Å²) in [4.78, 5) is 0. The molecule has 0 aliphatic heterocycles. The summed E-state index contributed by atoms with van der Waals surface area (Å²) in [5, 5.41) is 0. The van der Waals surface area contributed by atoms with Gasteiger partial charge in [-0.25, -0.2) is 0 Å². The van der Waals surface area contributed by atoms with Gasteiger partial charge in [0.05, 0.1) is 0 Å². The molecule has 0 radical (unpaired) electrons. The molecule has 0 spiro atoms. The van der Waals surface area contributed by atoms with Crippen LogP contribution in [-0.4, -0.2) is 5.54 Å². The maximum atomic E-state index is 6.66. The second-order valence-corrected chi connectivity index (χ2v) is 6.23. The smallest absolute Gasteiger partial charge is 0.0182 e. The Balaban J connectivity index is 1.85. The van der Waals surface area contributed by atoms with Crippen LogP contribution in [0.4, 0.5) is 0 Å². The number of nitrogens with two attached hydrogens (primary N) is 1. The van der Waals surface area contributed by atoms with Crippen LogP contribution in [0.2, 0.25) is 0 Å². The molecule has 18 heavy (non-hydrogen) atoms. The van der Waals surface area contributed by atoms with Gasteiger partial charge in [0, 0.05) is 5.54 Å². The summed E-state index contributed by atoms with van der Waals surface area (Å²) < 4.78 is 0. The Bertz CT molecular complexity index is 359. The minimum absolute atomic E-state index is 0.0897. The zero-order chi connectivity index (χ0) is 13.0. The van der Waals surface area contributed by atoms with Crippen LogP contribution in [0.3, 0.4) is 0 Å². The Hall–Kier alpha value is -0.820. The minimum Gasteiger partial charge on any atom is -0.325 e. The second-order valence-electron chi connectivity index (χ2n) is 6.23. The van der Waals surface area contributed by atoms with Gasteiger partial charge in [-0.2, -0.15) is 0 Å². The highest BCUT2D eigenvalue weighted by atomic mass is 14.8. The Kier molecular flexibility index (Phi) is 4.45. The van der Waals surface area contributed by atoms with E-state index in [0.717, 1.165) is 5.92 Å². The lowest BCUT2D eigenvalue weighted by molar-refractivity contribution is 0.132. The fourth-order valence-corrected chi connectivity index (χ4v) is 3.42. The molecular weight excluding hydrogens is 218 g/mol. The summed E-state index contributed by atoms with van der Waals surface area (Å²) in [7, 11) is 0. The molecule has 2 N–H and O–H groups in total. The topological polar surface area (TPSA) is 26.0 Å². The molecule has 3 atom stereocenters. The van der Waals surface area contributed by atoms with Crippen molar-refractivity contribution in [2.24, 2.45) is 17.6 Å². The zero-order valence-electron chi connectivity index (χ0n) is 11.9. The van der Waals surface area contributed by atoms with E-state index in [1.807, 2.05) is 0 Å². The van der Waals surface area contributed by atoms with E-state index in [4.69, 9.17) is 5.73 Å². The van der Waals surface area contributed by atoms with Crippen molar-refractivity contribution in [2.75, 3.05) is 0 Å². The first kappa shape index (κ1) is 13.6. The lowest BCUT2D eigenvalue weighted by atomic mass is 9.67. The van der Waals surface area contributed by atoms with Crippen molar-refractivity contribution in [2.45, 2.75) is 57.9 Å². The van der Waals surface area contributed by atoms with E-state index in [2.05, 4.69) is 44.2 Å². The van der Waals surface area contributed by atoms with Crippen molar-refractivity contribution < 1.29 is 0 Å². The van der Waals surface area contributed by atoms with Crippen LogP contribution in [0.15, 0.2) is 30.3 Å². The summed E-state index contributed by atoms with van der Waals surface area (Å²) in [6, 6.07) is 10.8. The van der Waals surface area contributed by atoms with Crippen LogP contribution in [-0.2, 0) is 6.42 Å². The molecule has 0 aromatic heterocycles. The normalized spacial score (nSPS) is 32.4. The first-order valence-corrected chi connectivity index (χ1v) is 7.44. The molecule has 1 fully saturated rings. The van der Waals surface area contributed by atoms with E-state index in [1.54, 1.807) is 0 Å². The molecule has 3 unspecified atom stereocenters. The number of aryl methyl sites for hydroxylation is 1. The highest BCUT2D eigenvalue weighted by Gasteiger charge is 2.37. The first-order chi connectivity index (χ1) is 8.62. The third-order valence-corrected chi connectivity index (χ3v) is 5.01. The Morgan fingerprint density at radius 3 is 2.67 bits per heavy atom. The largest absolute Gasteiger partial charge is 0.325 e.